The summed E-state index contributed by atoms with van der Waals surface area (Å²) in [6.45, 7) is 0.670. The van der Waals surface area contributed by atoms with Crippen molar-refractivity contribution in [1.29, 1.82) is 0 Å². The topological polar surface area (TPSA) is 21.3 Å². The van der Waals surface area contributed by atoms with Gasteiger partial charge in [0, 0.05) is 24.2 Å². The fraction of sp³-hybridized carbons (Fsp3) is 0.571. The van der Waals surface area contributed by atoms with Crippen molar-refractivity contribution in [2.24, 2.45) is 0 Å². The lowest BCUT2D eigenvalue weighted by molar-refractivity contribution is 0.0412. The Morgan fingerprint density at radius 1 is 1.39 bits per heavy atom. The first-order valence-electron chi connectivity index (χ1n) is 6.41. The summed E-state index contributed by atoms with van der Waals surface area (Å²) in [6.07, 6.45) is 5.00. The van der Waals surface area contributed by atoms with Crippen molar-refractivity contribution < 1.29 is 9.13 Å². The molecule has 18 heavy (non-hydrogen) atoms. The maximum atomic E-state index is 13.2. The van der Waals surface area contributed by atoms with E-state index in [1.54, 1.807) is 19.2 Å². The Morgan fingerprint density at radius 3 is 2.94 bits per heavy atom. The summed E-state index contributed by atoms with van der Waals surface area (Å²) in [7, 11) is 1.77. The van der Waals surface area contributed by atoms with Crippen molar-refractivity contribution >= 4 is 15.9 Å². The molecule has 1 aromatic rings. The number of nitrogens with one attached hydrogen (secondary N) is 1. The predicted octanol–water partition coefficient (Wildman–Crippen LogP) is 3.64. The van der Waals surface area contributed by atoms with E-state index in [1.807, 2.05) is 0 Å². The van der Waals surface area contributed by atoms with Crippen molar-refractivity contribution in [3.05, 3.63) is 34.1 Å². The van der Waals surface area contributed by atoms with E-state index >= 15 is 0 Å². The SMILES string of the molecule is COC1CCCCC1NCc1cc(F)ccc1Br. The first-order valence-corrected chi connectivity index (χ1v) is 7.20. The quantitative estimate of drug-likeness (QED) is 0.916. The van der Waals surface area contributed by atoms with Crippen LogP contribution < -0.4 is 5.32 Å². The van der Waals surface area contributed by atoms with Gasteiger partial charge in [0.15, 0.2) is 0 Å². The lowest BCUT2D eigenvalue weighted by Crippen LogP contribution is -2.42. The fourth-order valence-electron chi connectivity index (χ4n) is 2.53. The van der Waals surface area contributed by atoms with E-state index in [1.165, 1.54) is 18.9 Å². The highest BCUT2D eigenvalue weighted by molar-refractivity contribution is 9.10. The average Bonchev–Trinajstić information content (AvgIpc) is 2.40. The summed E-state index contributed by atoms with van der Waals surface area (Å²) in [4.78, 5) is 0. The minimum atomic E-state index is -0.193. The largest absolute Gasteiger partial charge is 0.380 e. The van der Waals surface area contributed by atoms with Crippen LogP contribution in [0, 0.1) is 5.82 Å². The van der Waals surface area contributed by atoms with Crippen molar-refractivity contribution in [2.75, 3.05) is 7.11 Å². The van der Waals surface area contributed by atoms with E-state index in [9.17, 15) is 4.39 Å². The highest BCUT2D eigenvalue weighted by Gasteiger charge is 2.24. The monoisotopic (exact) mass is 315 g/mol. The van der Waals surface area contributed by atoms with Gasteiger partial charge in [-0.25, -0.2) is 4.39 Å². The molecule has 1 aromatic carbocycles. The van der Waals surface area contributed by atoms with Crippen LogP contribution in [0.5, 0.6) is 0 Å². The standard InChI is InChI=1S/C14H19BrFNO/c1-18-14-5-3-2-4-13(14)17-9-10-8-11(16)6-7-12(10)15/h6-8,13-14,17H,2-5,9H2,1H3. The number of hydrogen-bond donors (Lipinski definition) is 1. The number of rotatable bonds is 4. The zero-order valence-corrected chi connectivity index (χ0v) is 12.2. The number of halogens is 2. The molecule has 2 unspecified atom stereocenters. The second-order valence-electron chi connectivity index (χ2n) is 4.78. The summed E-state index contributed by atoms with van der Waals surface area (Å²) >= 11 is 3.45. The molecule has 1 N–H and O–H groups in total. The normalized spacial score (nSPS) is 24.2. The number of hydrogen-bond acceptors (Lipinski definition) is 2. The molecule has 2 rings (SSSR count). The Labute approximate surface area is 116 Å². The molecule has 4 heteroatoms. The number of methoxy groups -OCH3 is 1. The van der Waals surface area contributed by atoms with Crippen LogP contribution in [0.3, 0.4) is 0 Å². The van der Waals surface area contributed by atoms with Gasteiger partial charge in [-0.1, -0.05) is 28.8 Å². The van der Waals surface area contributed by atoms with E-state index in [4.69, 9.17) is 4.74 Å². The second kappa shape index (κ2) is 6.64. The summed E-state index contributed by atoms with van der Waals surface area (Å²) in [5, 5.41) is 3.49. The zero-order chi connectivity index (χ0) is 13.0. The Balaban J connectivity index is 1.95. The molecule has 0 aromatic heterocycles. The first kappa shape index (κ1) is 14.0. The van der Waals surface area contributed by atoms with Crippen LogP contribution in [0.2, 0.25) is 0 Å². The van der Waals surface area contributed by atoms with E-state index in [-0.39, 0.29) is 11.9 Å². The third-order valence-corrected chi connectivity index (χ3v) is 4.34. The van der Waals surface area contributed by atoms with E-state index in [2.05, 4.69) is 21.2 Å². The van der Waals surface area contributed by atoms with E-state index in [0.29, 0.717) is 12.6 Å². The van der Waals surface area contributed by atoms with Gasteiger partial charge in [-0.05, 0) is 36.6 Å². The smallest absolute Gasteiger partial charge is 0.123 e. The maximum absolute atomic E-state index is 13.2. The summed E-state index contributed by atoms with van der Waals surface area (Å²) < 4.78 is 19.6. The van der Waals surface area contributed by atoms with Gasteiger partial charge in [-0.2, -0.15) is 0 Å². The van der Waals surface area contributed by atoms with Crippen molar-refractivity contribution in [3.8, 4) is 0 Å². The van der Waals surface area contributed by atoms with Crippen LogP contribution in [-0.2, 0) is 11.3 Å². The highest BCUT2D eigenvalue weighted by atomic mass is 79.9. The Bertz CT molecular complexity index is 399. The van der Waals surface area contributed by atoms with Gasteiger partial charge < -0.3 is 10.1 Å². The van der Waals surface area contributed by atoms with Gasteiger partial charge in [-0.15, -0.1) is 0 Å². The molecular weight excluding hydrogens is 297 g/mol. The molecule has 2 atom stereocenters. The maximum Gasteiger partial charge on any atom is 0.123 e. The predicted molar refractivity (Wildman–Crippen MR) is 74.0 cm³/mol. The molecule has 1 saturated carbocycles. The van der Waals surface area contributed by atoms with Crippen LogP contribution in [0.25, 0.3) is 0 Å². The Kier molecular flexibility index (Phi) is 5.15. The van der Waals surface area contributed by atoms with Crippen molar-refractivity contribution in [2.45, 2.75) is 44.4 Å². The lowest BCUT2D eigenvalue weighted by Gasteiger charge is -2.31. The fourth-order valence-corrected chi connectivity index (χ4v) is 2.92. The van der Waals surface area contributed by atoms with Crippen molar-refractivity contribution in [3.63, 3.8) is 0 Å². The van der Waals surface area contributed by atoms with Crippen molar-refractivity contribution in [1.82, 2.24) is 5.32 Å². The van der Waals surface area contributed by atoms with Gasteiger partial charge in [0.1, 0.15) is 5.82 Å². The molecule has 2 nitrogen and oxygen atoms in total. The molecule has 0 radical (unpaired) electrons. The number of benzene rings is 1. The minimum absolute atomic E-state index is 0.193. The molecule has 0 spiro atoms. The molecule has 100 valence electrons. The molecule has 0 heterocycles. The van der Waals surface area contributed by atoms with Gasteiger partial charge in [0.2, 0.25) is 0 Å². The number of ether oxygens (including phenoxy) is 1. The van der Waals surface area contributed by atoms with Crippen LogP contribution in [0.15, 0.2) is 22.7 Å². The van der Waals surface area contributed by atoms with Crippen LogP contribution in [-0.4, -0.2) is 19.3 Å². The summed E-state index contributed by atoms with van der Waals surface area (Å²) in [6, 6.07) is 5.16. The summed E-state index contributed by atoms with van der Waals surface area (Å²) in [5.41, 5.74) is 0.954. The van der Waals surface area contributed by atoms with Gasteiger partial charge >= 0.3 is 0 Å². The van der Waals surface area contributed by atoms with Gasteiger partial charge in [0.25, 0.3) is 0 Å². The van der Waals surface area contributed by atoms with Gasteiger partial charge in [0.05, 0.1) is 6.10 Å². The Morgan fingerprint density at radius 2 is 2.17 bits per heavy atom. The molecule has 0 saturated heterocycles. The summed E-state index contributed by atoms with van der Waals surface area (Å²) in [5.74, 6) is -0.193. The van der Waals surface area contributed by atoms with Crippen LogP contribution in [0.4, 0.5) is 4.39 Å². The molecule has 1 fully saturated rings. The van der Waals surface area contributed by atoms with Crippen LogP contribution in [0.1, 0.15) is 31.2 Å². The third kappa shape index (κ3) is 3.53. The molecule has 0 amide bonds. The van der Waals surface area contributed by atoms with E-state index < -0.39 is 0 Å². The Hall–Kier alpha value is -0.450. The van der Waals surface area contributed by atoms with E-state index in [0.717, 1.165) is 22.9 Å². The zero-order valence-electron chi connectivity index (χ0n) is 10.6. The lowest BCUT2D eigenvalue weighted by atomic mass is 9.92. The molecule has 1 aliphatic carbocycles. The molecule has 0 aliphatic heterocycles. The molecule has 0 bridgehead atoms. The first-order chi connectivity index (χ1) is 8.70. The minimum Gasteiger partial charge on any atom is -0.380 e. The molecule has 1 aliphatic rings. The molecular formula is C14H19BrFNO. The van der Waals surface area contributed by atoms with Gasteiger partial charge in [-0.3, -0.25) is 0 Å². The second-order valence-corrected chi connectivity index (χ2v) is 5.64. The average molecular weight is 316 g/mol. The van der Waals surface area contributed by atoms with Crippen LogP contribution >= 0.6 is 15.9 Å². The third-order valence-electron chi connectivity index (χ3n) is 3.57. The highest BCUT2D eigenvalue weighted by Crippen LogP contribution is 2.22.